The van der Waals surface area contributed by atoms with Crippen LogP contribution in [0, 0.1) is 0 Å². The zero-order valence-electron chi connectivity index (χ0n) is 2.00. The second-order valence-corrected chi connectivity index (χ2v) is 0. The molecule has 40 valence electrons. The molecule has 0 spiro atoms. The van der Waals surface area contributed by atoms with Crippen molar-refractivity contribution in [2.75, 3.05) is 0 Å². The van der Waals surface area contributed by atoms with Gasteiger partial charge in [-0.05, 0) is 0 Å². The Morgan fingerprint density at radius 1 is 0.500 bits per heavy atom. The zero-order valence-corrected chi connectivity index (χ0v) is 3.56. The van der Waals surface area contributed by atoms with E-state index in [0.29, 0.717) is 0 Å². The summed E-state index contributed by atoms with van der Waals surface area (Å²) < 4.78 is 0. The van der Waals surface area contributed by atoms with Gasteiger partial charge in [0, 0.05) is 21.7 Å². The zero-order chi connectivity index (χ0) is 0. The summed E-state index contributed by atoms with van der Waals surface area (Å²) in [5.74, 6) is 0. The molecule has 0 aromatic heterocycles. The topological polar surface area (TPSA) is 94.5 Å². The van der Waals surface area contributed by atoms with Crippen molar-refractivity contribution < 1.29 is 38.1 Å². The largest absolute Gasteiger partial charge is 0.412 e. The van der Waals surface area contributed by atoms with Crippen LogP contribution in [0.25, 0.3) is 0 Å². The quantitative estimate of drug-likeness (QED) is 0.319. The Hall–Kier alpha value is 1.66. The summed E-state index contributed by atoms with van der Waals surface area (Å²) in [6.45, 7) is 0. The molecule has 0 aromatic carbocycles. The first-order chi connectivity index (χ1) is 0. The summed E-state index contributed by atoms with van der Waals surface area (Å²) in [6.07, 6.45) is 0. The van der Waals surface area contributed by atoms with E-state index in [2.05, 4.69) is 0 Å². The third-order valence-corrected chi connectivity index (χ3v) is 0. The number of rotatable bonds is 0. The maximum atomic E-state index is 0. The van der Waals surface area contributed by atoms with Crippen molar-refractivity contribution in [3.8, 4) is 0 Å². The fourth-order valence-corrected chi connectivity index (χ4v) is 0. The second-order valence-electron chi connectivity index (χ2n) is 0. The molecule has 0 aromatic rings. The van der Waals surface area contributed by atoms with Crippen LogP contribution in [-0.4, -0.2) is 51.2 Å². The van der Waals surface area contributed by atoms with Crippen molar-refractivity contribution in [2.45, 2.75) is 0 Å². The molecule has 0 radical (unpaired) electrons. The number of hydrogen-bond donors (Lipinski definition) is 0. The first kappa shape index (κ1) is 123. The fourth-order valence-electron chi connectivity index (χ4n) is 0. The Kier molecular flexibility index (Phi) is 1590. The first-order valence-corrected chi connectivity index (χ1v) is 0. The third kappa shape index (κ3) is 44.6. The average Bonchev–Trinajstić information content (AvgIpc) is 0. The van der Waals surface area contributed by atoms with E-state index < -0.39 is 0 Å². The maximum absolute atomic E-state index is 0. The average molecular weight is 162 g/mol. The van der Waals surface area contributed by atoms with Crippen LogP contribution in [-0.2, 0) is 21.7 Å². The SMILES string of the molecule is O.O.O.[AlH3].[AlH3].[Ti]. The smallest absolute Gasteiger partial charge is 0.187 e. The monoisotopic (exact) mass is 162 g/mol. The summed E-state index contributed by atoms with van der Waals surface area (Å²) in [6, 6.07) is 0. The van der Waals surface area contributed by atoms with Crippen molar-refractivity contribution in [3.05, 3.63) is 0 Å². The van der Waals surface area contributed by atoms with Crippen molar-refractivity contribution in [3.63, 3.8) is 0 Å². The van der Waals surface area contributed by atoms with Crippen LogP contribution in [0.2, 0.25) is 0 Å². The molecular formula is H12Al2O3Ti. The summed E-state index contributed by atoms with van der Waals surface area (Å²) in [5.41, 5.74) is 0. The van der Waals surface area contributed by atoms with Crippen LogP contribution in [0.1, 0.15) is 0 Å². The molecule has 3 nitrogen and oxygen atoms in total. The van der Waals surface area contributed by atoms with Gasteiger partial charge in [0.05, 0.1) is 0 Å². The molecule has 0 unspecified atom stereocenters. The molecule has 0 aliphatic rings. The Bertz CT molecular complexity index is 8.75. The maximum Gasteiger partial charge on any atom is 0.187 e. The molecule has 0 heterocycles. The van der Waals surface area contributed by atoms with E-state index in [4.69, 9.17) is 0 Å². The van der Waals surface area contributed by atoms with Crippen LogP contribution in [0.4, 0.5) is 0 Å². The van der Waals surface area contributed by atoms with Gasteiger partial charge in [-0.2, -0.15) is 0 Å². The van der Waals surface area contributed by atoms with Gasteiger partial charge in [-0.25, -0.2) is 0 Å². The van der Waals surface area contributed by atoms with Crippen molar-refractivity contribution in [1.82, 2.24) is 0 Å². The molecule has 6 heavy (non-hydrogen) atoms. The van der Waals surface area contributed by atoms with Gasteiger partial charge in [-0.3, -0.25) is 0 Å². The van der Waals surface area contributed by atoms with Gasteiger partial charge in [0.2, 0.25) is 0 Å². The van der Waals surface area contributed by atoms with Gasteiger partial charge in [-0.15, -0.1) is 0 Å². The van der Waals surface area contributed by atoms with Crippen LogP contribution < -0.4 is 0 Å². The molecule has 0 aliphatic heterocycles. The van der Waals surface area contributed by atoms with Gasteiger partial charge in [0.25, 0.3) is 0 Å². The standard InChI is InChI=1S/2Al.3H2O.Ti.6H/h;;3*1H2;;;;;;;. The van der Waals surface area contributed by atoms with E-state index >= 15 is 0 Å². The van der Waals surface area contributed by atoms with Crippen LogP contribution >= 0.6 is 0 Å². The van der Waals surface area contributed by atoms with Crippen molar-refractivity contribution >= 4 is 34.7 Å². The molecule has 0 atom stereocenters. The molecule has 0 saturated heterocycles. The minimum absolute atomic E-state index is 0. The Labute approximate surface area is 72.6 Å². The predicted octanol–water partition coefficient (Wildman–Crippen LogP) is -4.84. The number of hydrogen-bond acceptors (Lipinski definition) is 0. The van der Waals surface area contributed by atoms with E-state index in [1.807, 2.05) is 0 Å². The minimum atomic E-state index is 0. The second kappa shape index (κ2) is 77.5. The van der Waals surface area contributed by atoms with Crippen LogP contribution in [0.3, 0.4) is 0 Å². The van der Waals surface area contributed by atoms with Gasteiger partial charge in [0.15, 0.2) is 34.7 Å². The molecule has 0 aliphatic carbocycles. The van der Waals surface area contributed by atoms with E-state index in [9.17, 15) is 0 Å². The molecule has 0 rings (SSSR count). The van der Waals surface area contributed by atoms with Gasteiger partial charge in [-0.1, -0.05) is 0 Å². The molecule has 0 amide bonds. The van der Waals surface area contributed by atoms with Gasteiger partial charge >= 0.3 is 0 Å². The molecule has 0 saturated carbocycles. The van der Waals surface area contributed by atoms with E-state index in [1.54, 1.807) is 0 Å². The third-order valence-electron chi connectivity index (χ3n) is 0. The molecule has 6 N–H and O–H groups in total. The summed E-state index contributed by atoms with van der Waals surface area (Å²) >= 11 is 0. The van der Waals surface area contributed by atoms with Crippen LogP contribution in [0.15, 0.2) is 0 Å². The van der Waals surface area contributed by atoms with E-state index in [0.717, 1.165) is 0 Å². The molecule has 0 bridgehead atoms. The normalized spacial score (nSPS) is 0. The van der Waals surface area contributed by atoms with Crippen LogP contribution in [0.5, 0.6) is 0 Å². The Morgan fingerprint density at radius 2 is 0.500 bits per heavy atom. The Balaban J connectivity index is 0. The molecule has 6 heteroatoms. The van der Waals surface area contributed by atoms with Gasteiger partial charge in [0.1, 0.15) is 0 Å². The summed E-state index contributed by atoms with van der Waals surface area (Å²) in [5, 5.41) is 0. The van der Waals surface area contributed by atoms with Crippen molar-refractivity contribution in [2.24, 2.45) is 0 Å². The Morgan fingerprint density at radius 3 is 0.500 bits per heavy atom. The van der Waals surface area contributed by atoms with Crippen molar-refractivity contribution in [1.29, 1.82) is 0 Å². The minimum Gasteiger partial charge on any atom is -0.412 e. The van der Waals surface area contributed by atoms with E-state index in [1.165, 1.54) is 0 Å². The fraction of sp³-hybridized carbons (Fsp3) is 0. The molecular weight excluding hydrogens is 150 g/mol. The van der Waals surface area contributed by atoms with Gasteiger partial charge < -0.3 is 16.4 Å². The first-order valence-electron chi connectivity index (χ1n) is 0. The predicted molar refractivity (Wildman–Crippen MR) is 30.7 cm³/mol. The van der Waals surface area contributed by atoms with E-state index in [-0.39, 0.29) is 72.9 Å². The summed E-state index contributed by atoms with van der Waals surface area (Å²) in [4.78, 5) is 0. The molecule has 0 fully saturated rings. The summed E-state index contributed by atoms with van der Waals surface area (Å²) in [7, 11) is 0.